The Morgan fingerprint density at radius 3 is 2.92 bits per heavy atom. The van der Waals surface area contributed by atoms with Gasteiger partial charge in [0.25, 0.3) is 0 Å². The van der Waals surface area contributed by atoms with Crippen molar-refractivity contribution in [3.05, 3.63) is 18.2 Å². The monoisotopic (exact) mass is 238 g/mol. The average Bonchev–Trinajstić information content (AvgIpc) is 2.39. The SMILES string of the molecule is CC(Cc1c[n-]cn1)C(=O)O.[Rb+]. The van der Waals surface area contributed by atoms with Gasteiger partial charge in [0.15, 0.2) is 0 Å². The predicted molar refractivity (Wildman–Crippen MR) is 38.1 cm³/mol. The molecule has 1 heterocycles. The molecule has 4 nitrogen and oxygen atoms in total. The molecule has 0 saturated heterocycles. The molecule has 12 heavy (non-hydrogen) atoms. The second-order valence-corrected chi connectivity index (χ2v) is 2.46. The van der Waals surface area contributed by atoms with E-state index < -0.39 is 5.97 Å². The molecular formula is C7H9N2O2Rb. The molecule has 0 saturated carbocycles. The summed E-state index contributed by atoms with van der Waals surface area (Å²) < 4.78 is 0. The molecule has 5 heteroatoms. The van der Waals surface area contributed by atoms with Crippen LogP contribution in [0.15, 0.2) is 12.5 Å². The summed E-state index contributed by atoms with van der Waals surface area (Å²) in [4.78, 5) is 18.0. The number of hydrogen-bond acceptors (Lipinski definition) is 2. The largest absolute Gasteiger partial charge is 1.00 e. The Morgan fingerprint density at radius 1 is 1.83 bits per heavy atom. The van der Waals surface area contributed by atoms with Crippen molar-refractivity contribution in [2.24, 2.45) is 5.92 Å². The number of aromatic nitrogens is 2. The number of carboxylic acid groups (broad SMARTS) is 1. The first-order valence-electron chi connectivity index (χ1n) is 3.34. The number of rotatable bonds is 3. The molecule has 0 spiro atoms. The molecule has 60 valence electrons. The van der Waals surface area contributed by atoms with Gasteiger partial charge in [0.05, 0.1) is 5.92 Å². The van der Waals surface area contributed by atoms with E-state index in [1.54, 1.807) is 13.1 Å². The van der Waals surface area contributed by atoms with E-state index in [1.807, 2.05) is 0 Å². The molecule has 0 fully saturated rings. The van der Waals surface area contributed by atoms with Crippen LogP contribution in [0.4, 0.5) is 0 Å². The summed E-state index contributed by atoms with van der Waals surface area (Å²) in [5, 5.41) is 8.53. The molecule has 0 aliphatic carbocycles. The smallest absolute Gasteiger partial charge is 0.481 e. The van der Waals surface area contributed by atoms with Gasteiger partial charge in [0, 0.05) is 0 Å². The van der Waals surface area contributed by atoms with Crippen LogP contribution in [0.2, 0.25) is 0 Å². The molecule has 0 bridgehead atoms. The Balaban J connectivity index is 0.00000121. The van der Waals surface area contributed by atoms with Gasteiger partial charge >= 0.3 is 64.2 Å². The van der Waals surface area contributed by atoms with Gasteiger partial charge in [-0.15, -0.1) is 0 Å². The van der Waals surface area contributed by atoms with Gasteiger partial charge in [-0.25, -0.2) is 0 Å². The summed E-state index contributed by atoms with van der Waals surface area (Å²) in [6.45, 7) is 1.65. The van der Waals surface area contributed by atoms with E-state index in [4.69, 9.17) is 5.11 Å². The van der Waals surface area contributed by atoms with Crippen LogP contribution < -0.4 is 63.2 Å². The molecule has 1 aromatic heterocycles. The van der Waals surface area contributed by atoms with Crippen LogP contribution in [0.3, 0.4) is 0 Å². The van der Waals surface area contributed by atoms with Crippen molar-refractivity contribution in [1.29, 1.82) is 0 Å². The Hall–Kier alpha value is 0.485. The van der Waals surface area contributed by atoms with Crippen molar-refractivity contribution >= 4 is 5.97 Å². The van der Waals surface area contributed by atoms with E-state index in [-0.39, 0.29) is 64.1 Å². The van der Waals surface area contributed by atoms with E-state index in [0.29, 0.717) is 6.42 Å². The van der Waals surface area contributed by atoms with Crippen molar-refractivity contribution in [2.75, 3.05) is 0 Å². The molecule has 1 aromatic rings. The Bertz CT molecular complexity index is 236. The van der Waals surface area contributed by atoms with E-state index in [0.717, 1.165) is 5.69 Å². The summed E-state index contributed by atoms with van der Waals surface area (Å²) in [5.74, 6) is -1.18. The molecular weight excluding hydrogens is 230 g/mol. The first-order chi connectivity index (χ1) is 5.20. The summed E-state index contributed by atoms with van der Waals surface area (Å²) in [6, 6.07) is 0. The molecule has 1 unspecified atom stereocenters. The Morgan fingerprint density at radius 2 is 2.50 bits per heavy atom. The van der Waals surface area contributed by atoms with E-state index in [2.05, 4.69) is 9.97 Å². The normalized spacial score (nSPS) is 11.8. The van der Waals surface area contributed by atoms with Crippen LogP contribution in [0.1, 0.15) is 12.6 Å². The molecule has 1 atom stereocenters. The zero-order chi connectivity index (χ0) is 8.27. The first kappa shape index (κ1) is 12.5. The zero-order valence-electron chi connectivity index (χ0n) is 7.19. The Kier molecular flexibility index (Phi) is 6.26. The second kappa shape index (κ2) is 6.02. The maximum Gasteiger partial charge on any atom is 1.00 e. The summed E-state index contributed by atoms with van der Waals surface area (Å²) in [7, 11) is 0. The zero-order valence-corrected chi connectivity index (χ0v) is 12.1. The number of aliphatic carboxylic acids is 1. The van der Waals surface area contributed by atoms with Crippen LogP contribution in [0.5, 0.6) is 0 Å². The van der Waals surface area contributed by atoms with Crippen molar-refractivity contribution in [3.8, 4) is 0 Å². The van der Waals surface area contributed by atoms with Gasteiger partial charge in [0.1, 0.15) is 0 Å². The van der Waals surface area contributed by atoms with E-state index >= 15 is 0 Å². The molecule has 0 amide bonds. The van der Waals surface area contributed by atoms with Crippen molar-refractivity contribution in [3.63, 3.8) is 0 Å². The fourth-order valence-corrected chi connectivity index (χ4v) is 0.767. The summed E-state index contributed by atoms with van der Waals surface area (Å²) >= 11 is 0. The number of carboxylic acids is 1. The van der Waals surface area contributed by atoms with Gasteiger partial charge < -0.3 is 15.1 Å². The van der Waals surface area contributed by atoms with Gasteiger partial charge in [-0.1, -0.05) is 25.1 Å². The molecule has 0 radical (unpaired) electrons. The average molecular weight is 239 g/mol. The van der Waals surface area contributed by atoms with Crippen LogP contribution in [0.25, 0.3) is 0 Å². The minimum absolute atomic E-state index is 0. The molecule has 1 N–H and O–H groups in total. The van der Waals surface area contributed by atoms with Crippen molar-refractivity contribution in [2.45, 2.75) is 13.3 Å². The van der Waals surface area contributed by atoms with E-state index in [1.165, 1.54) is 6.33 Å². The molecule has 1 rings (SSSR count). The van der Waals surface area contributed by atoms with Crippen molar-refractivity contribution in [1.82, 2.24) is 9.97 Å². The van der Waals surface area contributed by atoms with Crippen LogP contribution in [-0.2, 0) is 11.2 Å². The minimum atomic E-state index is -0.798. The van der Waals surface area contributed by atoms with Gasteiger partial charge in [-0.2, -0.15) is 0 Å². The first-order valence-corrected chi connectivity index (χ1v) is 3.34. The number of hydrogen-bond donors (Lipinski definition) is 1. The fraction of sp³-hybridized carbons (Fsp3) is 0.429. The predicted octanol–water partition coefficient (Wildman–Crippen LogP) is -2.69. The third kappa shape index (κ3) is 3.93. The van der Waals surface area contributed by atoms with Gasteiger partial charge in [-0.3, -0.25) is 4.79 Å². The summed E-state index contributed by atoms with van der Waals surface area (Å²) in [6.07, 6.45) is 3.46. The summed E-state index contributed by atoms with van der Waals surface area (Å²) in [5.41, 5.74) is 0.736. The molecule has 0 aliphatic rings. The van der Waals surface area contributed by atoms with Gasteiger partial charge in [-0.05, 0) is 6.42 Å². The standard InChI is InChI=1S/C7H10N2O2.Rb/c1-5(7(10)11)2-6-3-8-4-9-6;/h3-5H,2H2,1H3,(H2,8,9,10,11);/q;+1/p-1. The topological polar surface area (TPSA) is 64.3 Å². The van der Waals surface area contributed by atoms with Crippen LogP contribution >= 0.6 is 0 Å². The molecule has 0 aromatic carbocycles. The van der Waals surface area contributed by atoms with Crippen LogP contribution in [-0.4, -0.2) is 16.1 Å². The van der Waals surface area contributed by atoms with Gasteiger partial charge in [0.2, 0.25) is 0 Å². The third-order valence-corrected chi connectivity index (χ3v) is 1.45. The van der Waals surface area contributed by atoms with E-state index in [9.17, 15) is 4.79 Å². The number of imidazole rings is 1. The Labute approximate surface area is 120 Å². The van der Waals surface area contributed by atoms with Crippen molar-refractivity contribution < 1.29 is 68.1 Å². The van der Waals surface area contributed by atoms with Crippen LogP contribution in [0, 0.1) is 5.92 Å². The minimum Gasteiger partial charge on any atom is -0.481 e. The molecule has 0 aliphatic heterocycles. The second-order valence-electron chi connectivity index (χ2n) is 2.46. The quantitative estimate of drug-likeness (QED) is 0.623. The maximum absolute atomic E-state index is 10.4. The third-order valence-electron chi connectivity index (χ3n) is 1.45. The fourth-order valence-electron chi connectivity index (χ4n) is 0.767. The number of carbonyl (C=O) groups is 1. The number of nitrogens with zero attached hydrogens (tertiary/aromatic N) is 2. The maximum atomic E-state index is 10.4.